The van der Waals surface area contributed by atoms with Gasteiger partial charge >= 0.3 is 5.97 Å². The van der Waals surface area contributed by atoms with Gasteiger partial charge in [-0.15, -0.1) is 0 Å². The number of rotatable bonds is 5. The van der Waals surface area contributed by atoms with Crippen LogP contribution in [0.15, 0.2) is 42.5 Å². The zero-order valence-corrected chi connectivity index (χ0v) is 16.4. The summed E-state index contributed by atoms with van der Waals surface area (Å²) in [5.74, 6) is 1.41. The van der Waals surface area contributed by atoms with Gasteiger partial charge in [-0.3, -0.25) is 0 Å². The second kappa shape index (κ2) is 7.87. The van der Waals surface area contributed by atoms with Gasteiger partial charge in [-0.1, -0.05) is 0 Å². The number of nitrogens with zero attached hydrogens (tertiary/aromatic N) is 2. The van der Waals surface area contributed by atoms with Gasteiger partial charge in [0.1, 0.15) is 23.0 Å². The smallest absolute Gasteiger partial charge is 0.335 e. The molecular weight excluding hydrogens is 370 g/mol. The minimum absolute atomic E-state index is 0.247. The summed E-state index contributed by atoms with van der Waals surface area (Å²) in [7, 11) is 3.26. The Bertz CT molecular complexity index is 1040. The molecule has 1 aromatic heterocycles. The van der Waals surface area contributed by atoms with Crippen molar-refractivity contribution in [3.63, 3.8) is 0 Å². The monoisotopic (exact) mass is 393 g/mol. The molecule has 7 nitrogen and oxygen atoms in total. The van der Waals surface area contributed by atoms with Gasteiger partial charge in [0, 0.05) is 23.7 Å². The number of fused-ring (bicyclic) bond motifs is 1. The molecule has 29 heavy (non-hydrogen) atoms. The molecule has 0 unspecified atom stereocenters. The summed E-state index contributed by atoms with van der Waals surface area (Å²) in [4.78, 5) is 11.2. The highest BCUT2D eigenvalue weighted by molar-refractivity contribution is 5.87. The van der Waals surface area contributed by atoms with E-state index >= 15 is 0 Å². The Kier molecular flexibility index (Phi) is 5.12. The number of carboxylic acids is 1. The van der Waals surface area contributed by atoms with E-state index in [0.717, 1.165) is 59.9 Å². The van der Waals surface area contributed by atoms with E-state index in [4.69, 9.17) is 19.7 Å². The van der Waals surface area contributed by atoms with Gasteiger partial charge in [-0.2, -0.15) is 5.10 Å². The van der Waals surface area contributed by atoms with Gasteiger partial charge < -0.3 is 19.9 Å². The Balaban J connectivity index is 1.87. The molecule has 0 radical (unpaired) electrons. The topological polar surface area (TPSA) is 85.6 Å². The highest BCUT2D eigenvalue weighted by Gasteiger charge is 2.24. The summed E-state index contributed by atoms with van der Waals surface area (Å²) in [6, 6.07) is 12.5. The number of ether oxygens (including phenoxy) is 2. The number of benzene rings is 2. The van der Waals surface area contributed by atoms with Gasteiger partial charge in [-0.05, 0) is 55.7 Å². The standard InChI is InChI=1S/C22H23N3O4/c1-28-16-10-11-17(19(13-16)29-2)20-18-5-3-4-12-23-21(18)25(24-20)15-8-6-14(7-9-15)22(26)27/h6-11,13,23H,3-5,12H2,1-2H3,(H,26,27). The molecule has 1 aliphatic rings. The van der Waals surface area contributed by atoms with E-state index in [2.05, 4.69) is 5.32 Å². The zero-order chi connectivity index (χ0) is 20.4. The molecule has 3 aromatic rings. The van der Waals surface area contributed by atoms with Gasteiger partial charge in [0.05, 0.1) is 25.5 Å². The molecule has 2 N–H and O–H groups in total. The average molecular weight is 393 g/mol. The Morgan fingerprint density at radius 2 is 1.90 bits per heavy atom. The average Bonchev–Trinajstić information content (AvgIpc) is 2.93. The molecule has 2 heterocycles. The van der Waals surface area contributed by atoms with Crippen molar-refractivity contribution >= 4 is 11.8 Å². The fraction of sp³-hybridized carbons (Fsp3) is 0.273. The lowest BCUT2D eigenvalue weighted by molar-refractivity contribution is 0.0697. The molecule has 0 fully saturated rings. The number of hydrogen-bond donors (Lipinski definition) is 2. The van der Waals surface area contributed by atoms with Crippen LogP contribution in [0.5, 0.6) is 11.5 Å². The Morgan fingerprint density at radius 1 is 1.10 bits per heavy atom. The van der Waals surface area contributed by atoms with Crippen LogP contribution in [-0.2, 0) is 6.42 Å². The van der Waals surface area contributed by atoms with Crippen LogP contribution in [0.3, 0.4) is 0 Å². The van der Waals surface area contributed by atoms with Crippen LogP contribution in [0, 0.1) is 0 Å². The first-order chi connectivity index (χ1) is 14.1. The van der Waals surface area contributed by atoms with Crippen molar-refractivity contribution in [3.8, 4) is 28.4 Å². The maximum absolute atomic E-state index is 11.2. The lowest BCUT2D eigenvalue weighted by Crippen LogP contribution is -2.07. The number of anilines is 1. The molecule has 4 rings (SSSR count). The summed E-state index contributed by atoms with van der Waals surface area (Å²) in [6.45, 7) is 0.866. The van der Waals surface area contributed by atoms with Crippen LogP contribution in [0.25, 0.3) is 16.9 Å². The van der Waals surface area contributed by atoms with Crippen LogP contribution in [0.1, 0.15) is 28.8 Å². The minimum atomic E-state index is -0.947. The summed E-state index contributed by atoms with van der Waals surface area (Å²) in [6.07, 6.45) is 3.04. The van der Waals surface area contributed by atoms with Crippen molar-refractivity contribution in [2.75, 3.05) is 26.1 Å². The van der Waals surface area contributed by atoms with Crippen molar-refractivity contribution in [1.29, 1.82) is 0 Å². The molecule has 0 saturated carbocycles. The number of hydrogen-bond acceptors (Lipinski definition) is 5. The highest BCUT2D eigenvalue weighted by atomic mass is 16.5. The summed E-state index contributed by atoms with van der Waals surface area (Å²) < 4.78 is 12.8. The maximum Gasteiger partial charge on any atom is 0.335 e. The van der Waals surface area contributed by atoms with Crippen LogP contribution in [0.4, 0.5) is 5.82 Å². The Hall–Kier alpha value is -3.48. The first kappa shape index (κ1) is 18.9. The van der Waals surface area contributed by atoms with Crippen molar-refractivity contribution < 1.29 is 19.4 Å². The fourth-order valence-electron chi connectivity index (χ4n) is 3.64. The maximum atomic E-state index is 11.2. The van der Waals surface area contributed by atoms with Crippen LogP contribution >= 0.6 is 0 Å². The number of nitrogens with one attached hydrogen (secondary N) is 1. The summed E-state index contributed by atoms with van der Waals surface area (Å²) in [5.41, 5.74) is 3.94. The molecule has 0 saturated heterocycles. The SMILES string of the molecule is COc1ccc(-c2nn(-c3ccc(C(=O)O)cc3)c3c2CCCCN3)c(OC)c1. The molecule has 7 heteroatoms. The molecule has 0 bridgehead atoms. The molecule has 150 valence electrons. The molecule has 1 aliphatic heterocycles. The van der Waals surface area contributed by atoms with Gasteiger partial charge in [-0.25, -0.2) is 9.48 Å². The van der Waals surface area contributed by atoms with E-state index in [9.17, 15) is 4.79 Å². The number of methoxy groups -OCH3 is 2. The lowest BCUT2D eigenvalue weighted by atomic mass is 10.0. The van der Waals surface area contributed by atoms with Crippen molar-refractivity contribution in [2.24, 2.45) is 0 Å². The normalized spacial score (nSPS) is 13.2. The third-order valence-electron chi connectivity index (χ3n) is 5.15. The third-order valence-corrected chi connectivity index (χ3v) is 5.15. The van der Waals surface area contributed by atoms with Crippen LogP contribution in [0.2, 0.25) is 0 Å². The van der Waals surface area contributed by atoms with Gasteiger partial charge in [0.15, 0.2) is 0 Å². The Labute approximate surface area is 168 Å². The predicted octanol–water partition coefficient (Wildman–Crippen LogP) is 4.00. The fourth-order valence-corrected chi connectivity index (χ4v) is 3.64. The number of carboxylic acid groups (broad SMARTS) is 1. The van der Waals surface area contributed by atoms with E-state index in [1.54, 1.807) is 38.5 Å². The second-order valence-electron chi connectivity index (χ2n) is 6.89. The molecule has 2 aromatic carbocycles. The largest absolute Gasteiger partial charge is 0.497 e. The quantitative estimate of drug-likeness (QED) is 0.681. The summed E-state index contributed by atoms with van der Waals surface area (Å²) in [5, 5.41) is 17.6. The lowest BCUT2D eigenvalue weighted by Gasteiger charge is -2.10. The first-order valence-corrected chi connectivity index (χ1v) is 9.54. The zero-order valence-electron chi connectivity index (χ0n) is 16.4. The van der Waals surface area contributed by atoms with Crippen molar-refractivity contribution in [3.05, 3.63) is 53.6 Å². The van der Waals surface area contributed by atoms with E-state index in [0.29, 0.717) is 5.75 Å². The van der Waals surface area contributed by atoms with E-state index in [1.165, 1.54) is 0 Å². The van der Waals surface area contributed by atoms with E-state index < -0.39 is 5.97 Å². The van der Waals surface area contributed by atoms with Crippen LogP contribution in [-0.4, -0.2) is 41.6 Å². The number of carbonyl (C=O) groups is 1. The minimum Gasteiger partial charge on any atom is -0.497 e. The predicted molar refractivity (Wildman–Crippen MR) is 110 cm³/mol. The molecule has 0 aliphatic carbocycles. The molecule has 0 amide bonds. The van der Waals surface area contributed by atoms with Gasteiger partial charge in [0.25, 0.3) is 0 Å². The summed E-state index contributed by atoms with van der Waals surface area (Å²) >= 11 is 0. The third kappa shape index (κ3) is 3.51. The number of aromatic nitrogens is 2. The van der Waals surface area contributed by atoms with Gasteiger partial charge in [0.2, 0.25) is 0 Å². The number of aromatic carboxylic acids is 1. The first-order valence-electron chi connectivity index (χ1n) is 9.54. The van der Waals surface area contributed by atoms with Crippen molar-refractivity contribution in [1.82, 2.24) is 9.78 Å². The molecular formula is C22H23N3O4. The van der Waals surface area contributed by atoms with Crippen molar-refractivity contribution in [2.45, 2.75) is 19.3 Å². The molecule has 0 spiro atoms. The highest BCUT2D eigenvalue weighted by Crippen LogP contribution is 2.39. The molecule has 0 atom stereocenters. The van der Waals surface area contributed by atoms with E-state index in [1.807, 2.05) is 22.9 Å². The second-order valence-corrected chi connectivity index (χ2v) is 6.89. The van der Waals surface area contributed by atoms with E-state index in [-0.39, 0.29) is 5.56 Å². The van der Waals surface area contributed by atoms with Crippen LogP contribution < -0.4 is 14.8 Å². The Morgan fingerprint density at radius 3 is 2.59 bits per heavy atom.